The second-order valence-corrected chi connectivity index (χ2v) is 7.31. The molecule has 0 unspecified atom stereocenters. The van der Waals surface area contributed by atoms with E-state index in [1.165, 1.54) is 12.1 Å². The first-order valence-corrected chi connectivity index (χ1v) is 9.85. The predicted molar refractivity (Wildman–Crippen MR) is 110 cm³/mol. The van der Waals surface area contributed by atoms with Crippen molar-refractivity contribution in [2.24, 2.45) is 0 Å². The Morgan fingerprint density at radius 1 is 1.17 bits per heavy atom. The molecule has 7 nitrogen and oxygen atoms in total. The summed E-state index contributed by atoms with van der Waals surface area (Å²) in [5.74, 6) is 0.624. The van der Waals surface area contributed by atoms with Crippen molar-refractivity contribution in [3.05, 3.63) is 64.2 Å². The minimum Gasteiger partial charge on any atom is -0.491 e. The first-order valence-electron chi connectivity index (χ1n) is 9.85. The van der Waals surface area contributed by atoms with Gasteiger partial charge in [0.25, 0.3) is 5.69 Å². The Bertz CT molecular complexity index is 843. The summed E-state index contributed by atoms with van der Waals surface area (Å²) in [6.45, 7) is 5.00. The van der Waals surface area contributed by atoms with Crippen LogP contribution in [0.1, 0.15) is 38.7 Å². The molecule has 1 aliphatic rings. The van der Waals surface area contributed by atoms with E-state index >= 15 is 0 Å². The molecule has 0 bridgehead atoms. The average molecular weight is 398 g/mol. The first-order chi connectivity index (χ1) is 13.9. The number of nitrogens with one attached hydrogen (secondary N) is 1. The fourth-order valence-electron chi connectivity index (χ4n) is 3.45. The molecule has 1 saturated heterocycles. The van der Waals surface area contributed by atoms with Crippen LogP contribution in [0.5, 0.6) is 5.75 Å². The summed E-state index contributed by atoms with van der Waals surface area (Å²) in [6, 6.07) is 13.5. The van der Waals surface area contributed by atoms with E-state index in [4.69, 9.17) is 9.47 Å². The molecule has 0 saturated carbocycles. The molecule has 154 valence electrons. The monoisotopic (exact) mass is 398 g/mol. The number of hydrogen-bond acceptors (Lipinski definition) is 5. The van der Waals surface area contributed by atoms with E-state index in [0.29, 0.717) is 31.7 Å². The van der Waals surface area contributed by atoms with Crippen LogP contribution in [0.25, 0.3) is 0 Å². The smallest absolute Gasteiger partial charge is 0.269 e. The molecule has 1 heterocycles. The van der Waals surface area contributed by atoms with E-state index in [2.05, 4.69) is 12.2 Å². The number of nitro groups is 1. The van der Waals surface area contributed by atoms with Crippen molar-refractivity contribution in [2.45, 2.75) is 44.6 Å². The Kier molecular flexibility index (Phi) is 6.49. The zero-order chi connectivity index (χ0) is 20.9. The highest BCUT2D eigenvalue weighted by Crippen LogP contribution is 2.37. The van der Waals surface area contributed by atoms with Crippen molar-refractivity contribution in [3.8, 4) is 5.75 Å². The summed E-state index contributed by atoms with van der Waals surface area (Å²) >= 11 is 0. The van der Waals surface area contributed by atoms with Gasteiger partial charge in [0.15, 0.2) is 0 Å². The van der Waals surface area contributed by atoms with Crippen molar-refractivity contribution in [1.82, 2.24) is 0 Å². The zero-order valence-corrected chi connectivity index (χ0v) is 16.7. The molecule has 3 rings (SSSR count). The number of benzene rings is 2. The van der Waals surface area contributed by atoms with Gasteiger partial charge in [0.05, 0.1) is 16.4 Å². The predicted octanol–water partition coefficient (Wildman–Crippen LogP) is 4.46. The molecule has 0 radical (unpaired) electrons. The standard InChI is InChI=1S/C22H26N2O5/c1-3-16(2)29-20-10-6-18(7-11-20)23-21(25)22(12-14-28-15-13-22)17-4-8-19(9-5-17)24(26)27/h4-11,16H,3,12-15H2,1-2H3,(H,23,25)/t16-/m0/s1. The normalized spacial score (nSPS) is 16.6. The average Bonchev–Trinajstić information content (AvgIpc) is 2.75. The fourth-order valence-corrected chi connectivity index (χ4v) is 3.45. The lowest BCUT2D eigenvalue weighted by Crippen LogP contribution is -2.44. The third kappa shape index (κ3) is 4.74. The number of rotatable bonds is 7. The van der Waals surface area contributed by atoms with Crippen LogP contribution in [0.3, 0.4) is 0 Å². The van der Waals surface area contributed by atoms with Crippen LogP contribution in [-0.4, -0.2) is 30.1 Å². The third-order valence-corrected chi connectivity index (χ3v) is 5.44. The van der Waals surface area contributed by atoms with Crippen molar-refractivity contribution < 1.29 is 19.2 Å². The van der Waals surface area contributed by atoms with Crippen LogP contribution in [0, 0.1) is 10.1 Å². The molecule has 2 aromatic carbocycles. The van der Waals surface area contributed by atoms with Gasteiger partial charge in [0.1, 0.15) is 5.75 Å². The molecule has 1 aliphatic heterocycles. The molecule has 29 heavy (non-hydrogen) atoms. The van der Waals surface area contributed by atoms with E-state index in [0.717, 1.165) is 17.7 Å². The van der Waals surface area contributed by atoms with E-state index in [9.17, 15) is 14.9 Å². The van der Waals surface area contributed by atoms with Crippen LogP contribution < -0.4 is 10.1 Å². The summed E-state index contributed by atoms with van der Waals surface area (Å²) in [5, 5.41) is 14.0. The van der Waals surface area contributed by atoms with Gasteiger partial charge in [-0.3, -0.25) is 14.9 Å². The van der Waals surface area contributed by atoms with Crippen LogP contribution in [0.15, 0.2) is 48.5 Å². The molecule has 1 N–H and O–H groups in total. The van der Waals surface area contributed by atoms with Gasteiger partial charge in [-0.15, -0.1) is 0 Å². The lowest BCUT2D eigenvalue weighted by atomic mass is 9.73. The first kappa shape index (κ1) is 20.8. The van der Waals surface area contributed by atoms with Gasteiger partial charge in [-0.05, 0) is 56.0 Å². The van der Waals surface area contributed by atoms with Crippen LogP contribution in [0.2, 0.25) is 0 Å². The largest absolute Gasteiger partial charge is 0.491 e. The highest BCUT2D eigenvalue weighted by Gasteiger charge is 2.42. The Hall–Kier alpha value is -2.93. The van der Waals surface area contributed by atoms with Gasteiger partial charge < -0.3 is 14.8 Å². The maximum Gasteiger partial charge on any atom is 0.269 e. The SMILES string of the molecule is CC[C@H](C)Oc1ccc(NC(=O)C2(c3ccc([N+](=O)[O-])cc3)CCOCC2)cc1. The number of ether oxygens (including phenoxy) is 2. The molecular weight excluding hydrogens is 372 g/mol. The fraction of sp³-hybridized carbons (Fsp3) is 0.409. The Morgan fingerprint density at radius 3 is 2.34 bits per heavy atom. The van der Waals surface area contributed by atoms with Gasteiger partial charge in [0.2, 0.25) is 5.91 Å². The number of nitrogens with zero attached hydrogens (tertiary/aromatic N) is 1. The van der Waals surface area contributed by atoms with E-state index < -0.39 is 10.3 Å². The Balaban J connectivity index is 1.80. The molecule has 0 spiro atoms. The number of nitro benzene ring substituents is 1. The topological polar surface area (TPSA) is 90.7 Å². The van der Waals surface area contributed by atoms with Crippen LogP contribution >= 0.6 is 0 Å². The number of anilines is 1. The quantitative estimate of drug-likeness (QED) is 0.549. The number of amides is 1. The van der Waals surface area contributed by atoms with Gasteiger partial charge in [0, 0.05) is 31.0 Å². The molecule has 1 fully saturated rings. The lowest BCUT2D eigenvalue weighted by Gasteiger charge is -2.36. The molecule has 2 aromatic rings. The zero-order valence-electron chi connectivity index (χ0n) is 16.7. The maximum atomic E-state index is 13.3. The van der Waals surface area contributed by atoms with Crippen LogP contribution in [-0.2, 0) is 14.9 Å². The highest BCUT2D eigenvalue weighted by molar-refractivity contribution is 5.99. The second-order valence-electron chi connectivity index (χ2n) is 7.31. The molecule has 1 atom stereocenters. The third-order valence-electron chi connectivity index (χ3n) is 5.44. The molecule has 0 aliphatic carbocycles. The minimum atomic E-state index is -0.778. The summed E-state index contributed by atoms with van der Waals surface area (Å²) in [7, 11) is 0. The van der Waals surface area contributed by atoms with Crippen LogP contribution in [0.4, 0.5) is 11.4 Å². The molecule has 0 aromatic heterocycles. The number of non-ortho nitro benzene ring substituents is 1. The van der Waals surface area contributed by atoms with Crippen molar-refractivity contribution >= 4 is 17.3 Å². The van der Waals surface area contributed by atoms with Crippen molar-refractivity contribution in [3.63, 3.8) is 0 Å². The molecule has 1 amide bonds. The Morgan fingerprint density at radius 2 is 1.79 bits per heavy atom. The van der Waals surface area contributed by atoms with E-state index in [1.54, 1.807) is 12.1 Å². The van der Waals surface area contributed by atoms with Gasteiger partial charge in [-0.25, -0.2) is 0 Å². The second kappa shape index (κ2) is 9.05. The summed E-state index contributed by atoms with van der Waals surface area (Å²) in [4.78, 5) is 23.8. The summed E-state index contributed by atoms with van der Waals surface area (Å²) in [5.41, 5.74) is 0.674. The maximum absolute atomic E-state index is 13.3. The summed E-state index contributed by atoms with van der Waals surface area (Å²) in [6.07, 6.45) is 2.08. The minimum absolute atomic E-state index is 0.00765. The number of carbonyl (C=O) groups excluding carboxylic acids is 1. The summed E-state index contributed by atoms with van der Waals surface area (Å²) < 4.78 is 11.2. The highest BCUT2D eigenvalue weighted by atomic mass is 16.6. The Labute approximate surface area is 170 Å². The molecular formula is C22H26N2O5. The van der Waals surface area contributed by atoms with Gasteiger partial charge in [-0.2, -0.15) is 0 Å². The molecule has 7 heteroatoms. The number of carbonyl (C=O) groups is 1. The van der Waals surface area contributed by atoms with Gasteiger partial charge >= 0.3 is 0 Å². The van der Waals surface area contributed by atoms with E-state index in [-0.39, 0.29) is 17.7 Å². The van der Waals surface area contributed by atoms with Crippen molar-refractivity contribution in [2.75, 3.05) is 18.5 Å². The lowest BCUT2D eigenvalue weighted by molar-refractivity contribution is -0.384. The number of hydrogen-bond donors (Lipinski definition) is 1. The van der Waals surface area contributed by atoms with Gasteiger partial charge in [-0.1, -0.05) is 19.1 Å². The van der Waals surface area contributed by atoms with E-state index in [1.807, 2.05) is 31.2 Å². The van der Waals surface area contributed by atoms with Crippen molar-refractivity contribution in [1.29, 1.82) is 0 Å².